The molecule has 0 spiro atoms. The number of hydroxylamine groups is 2. The molecular weight excluding hydrogens is 349 g/mol. The summed E-state index contributed by atoms with van der Waals surface area (Å²) < 4.78 is 24.2. The fourth-order valence-electron chi connectivity index (χ4n) is 3.22. The molecular formula is C20H26NO4P. The molecule has 0 amide bonds. The van der Waals surface area contributed by atoms with Gasteiger partial charge in [0.25, 0.3) is 0 Å². The van der Waals surface area contributed by atoms with E-state index >= 15 is 0 Å². The van der Waals surface area contributed by atoms with Gasteiger partial charge in [-0.05, 0) is 25.0 Å². The Balaban J connectivity index is 1.86. The largest absolute Gasteiger partial charge is 0.361 e. The van der Waals surface area contributed by atoms with Crippen molar-refractivity contribution in [2.75, 3.05) is 13.2 Å². The first kappa shape index (κ1) is 19.3. The first-order valence-electron chi connectivity index (χ1n) is 9.07. The third kappa shape index (κ3) is 4.43. The molecule has 26 heavy (non-hydrogen) atoms. The molecule has 1 fully saturated rings. The molecule has 0 aromatic heterocycles. The lowest BCUT2D eigenvalue weighted by atomic mass is 10.0. The normalized spacial score (nSPS) is 21.2. The van der Waals surface area contributed by atoms with Gasteiger partial charge in [-0.1, -0.05) is 60.7 Å². The molecule has 1 aliphatic rings. The molecule has 0 radical (unpaired) electrons. The number of rotatable bonds is 8. The smallest absolute Gasteiger partial charge is 0.307 e. The Morgan fingerprint density at radius 1 is 1.00 bits per heavy atom. The van der Waals surface area contributed by atoms with Crippen molar-refractivity contribution in [1.82, 2.24) is 5.06 Å². The Hall–Kier alpha value is -1.49. The molecule has 6 heteroatoms. The minimum absolute atomic E-state index is 0.00403. The Kier molecular flexibility index (Phi) is 6.63. The minimum Gasteiger partial charge on any atom is -0.307 e. The first-order valence-corrected chi connectivity index (χ1v) is 10.7. The monoisotopic (exact) mass is 375 g/mol. The van der Waals surface area contributed by atoms with Crippen LogP contribution in [0.15, 0.2) is 60.7 Å². The van der Waals surface area contributed by atoms with Crippen molar-refractivity contribution in [2.24, 2.45) is 0 Å². The van der Waals surface area contributed by atoms with Crippen molar-refractivity contribution >= 4 is 7.60 Å². The molecule has 5 nitrogen and oxygen atoms in total. The van der Waals surface area contributed by atoms with Gasteiger partial charge in [-0.2, -0.15) is 5.06 Å². The molecule has 0 N–H and O–H groups in total. The lowest BCUT2D eigenvalue weighted by Gasteiger charge is -2.24. The second-order valence-corrected chi connectivity index (χ2v) is 8.33. The van der Waals surface area contributed by atoms with E-state index in [9.17, 15) is 4.57 Å². The van der Waals surface area contributed by atoms with E-state index in [4.69, 9.17) is 13.9 Å². The summed E-state index contributed by atoms with van der Waals surface area (Å²) in [6.45, 7) is 4.89. The minimum atomic E-state index is -3.33. The molecule has 0 bridgehead atoms. The van der Waals surface area contributed by atoms with Gasteiger partial charge in [-0.25, -0.2) is 0 Å². The molecule has 140 valence electrons. The highest BCUT2D eigenvalue weighted by molar-refractivity contribution is 7.54. The van der Waals surface area contributed by atoms with Crippen LogP contribution in [0.5, 0.6) is 0 Å². The summed E-state index contributed by atoms with van der Waals surface area (Å²) >= 11 is 0. The zero-order valence-corrected chi connectivity index (χ0v) is 16.2. The second-order valence-electron chi connectivity index (χ2n) is 6.16. The van der Waals surface area contributed by atoms with Gasteiger partial charge >= 0.3 is 7.60 Å². The van der Waals surface area contributed by atoms with Crippen LogP contribution in [0.1, 0.15) is 37.4 Å². The highest BCUT2D eigenvalue weighted by atomic mass is 31.2. The maximum absolute atomic E-state index is 13.2. The topological polar surface area (TPSA) is 48.0 Å². The van der Waals surface area contributed by atoms with Gasteiger partial charge in [0, 0.05) is 13.0 Å². The van der Waals surface area contributed by atoms with Crippen LogP contribution in [-0.4, -0.2) is 24.1 Å². The Morgan fingerprint density at radius 2 is 1.58 bits per heavy atom. The predicted octanol–water partition coefficient (Wildman–Crippen LogP) is 5.16. The summed E-state index contributed by atoms with van der Waals surface area (Å²) in [6.07, 6.45) is 0.564. The van der Waals surface area contributed by atoms with E-state index in [1.807, 2.05) is 55.3 Å². The van der Waals surface area contributed by atoms with Crippen molar-refractivity contribution in [3.63, 3.8) is 0 Å². The highest BCUT2D eigenvalue weighted by Gasteiger charge is 2.46. The third-order valence-corrected chi connectivity index (χ3v) is 6.61. The highest BCUT2D eigenvalue weighted by Crippen LogP contribution is 2.59. The van der Waals surface area contributed by atoms with Gasteiger partial charge in [0.2, 0.25) is 0 Å². The lowest BCUT2D eigenvalue weighted by molar-refractivity contribution is -0.156. The van der Waals surface area contributed by atoms with Gasteiger partial charge in [-0.15, -0.1) is 0 Å². The molecule has 1 aliphatic heterocycles. The van der Waals surface area contributed by atoms with Crippen LogP contribution in [0.2, 0.25) is 0 Å². The maximum atomic E-state index is 13.2. The van der Waals surface area contributed by atoms with Gasteiger partial charge in [-0.3, -0.25) is 9.40 Å². The van der Waals surface area contributed by atoms with E-state index in [-0.39, 0.29) is 6.04 Å². The predicted molar refractivity (Wildman–Crippen MR) is 102 cm³/mol. The summed E-state index contributed by atoms with van der Waals surface area (Å²) in [6, 6.07) is 20.3. The average Bonchev–Trinajstić information content (AvgIpc) is 3.08. The van der Waals surface area contributed by atoms with Crippen LogP contribution in [0, 0.1) is 0 Å². The standard InChI is InChI=1S/C20H26NO4P/c1-3-23-26(22,24-4-2)20-15-19(18-13-9-6-10-14-18)21(25-20)16-17-11-7-5-8-12-17/h5-14,19-20H,3-4,15-16H2,1-2H3. The van der Waals surface area contributed by atoms with E-state index in [0.717, 1.165) is 11.1 Å². The Bertz CT molecular complexity index is 715. The van der Waals surface area contributed by atoms with Gasteiger partial charge < -0.3 is 9.05 Å². The van der Waals surface area contributed by atoms with E-state index in [2.05, 4.69) is 24.3 Å². The zero-order valence-electron chi connectivity index (χ0n) is 15.3. The molecule has 1 heterocycles. The summed E-state index contributed by atoms with van der Waals surface area (Å²) in [7, 11) is -3.33. The first-order chi connectivity index (χ1) is 12.7. The van der Waals surface area contributed by atoms with Crippen molar-refractivity contribution in [2.45, 2.75) is 38.7 Å². The SMILES string of the molecule is CCOP(=O)(OCC)C1CC(c2ccccc2)N(Cc2ccccc2)O1. The number of nitrogens with zero attached hydrogens (tertiary/aromatic N) is 1. The van der Waals surface area contributed by atoms with Crippen molar-refractivity contribution in [3.05, 3.63) is 71.8 Å². The number of hydrogen-bond donors (Lipinski definition) is 0. The van der Waals surface area contributed by atoms with Crippen LogP contribution in [0.25, 0.3) is 0 Å². The van der Waals surface area contributed by atoms with Crippen LogP contribution < -0.4 is 0 Å². The van der Waals surface area contributed by atoms with E-state index in [1.54, 1.807) is 0 Å². The zero-order chi connectivity index (χ0) is 18.4. The van der Waals surface area contributed by atoms with Crippen LogP contribution in [0.4, 0.5) is 0 Å². The third-order valence-electron chi connectivity index (χ3n) is 4.37. The molecule has 2 unspecified atom stereocenters. The van der Waals surface area contributed by atoms with E-state index in [0.29, 0.717) is 26.2 Å². The van der Waals surface area contributed by atoms with Crippen molar-refractivity contribution < 1.29 is 18.5 Å². The van der Waals surface area contributed by atoms with Crippen LogP contribution in [0.3, 0.4) is 0 Å². The van der Waals surface area contributed by atoms with Crippen molar-refractivity contribution in [3.8, 4) is 0 Å². The van der Waals surface area contributed by atoms with Gasteiger partial charge in [0.05, 0.1) is 19.3 Å². The molecule has 0 aliphatic carbocycles. The Labute approximate surface area is 155 Å². The number of hydrogen-bond acceptors (Lipinski definition) is 5. The lowest BCUT2D eigenvalue weighted by Crippen LogP contribution is -2.22. The molecule has 2 aromatic carbocycles. The van der Waals surface area contributed by atoms with Crippen LogP contribution >= 0.6 is 7.60 Å². The molecule has 2 aromatic rings. The molecule has 1 saturated heterocycles. The van der Waals surface area contributed by atoms with Gasteiger partial charge in [0.1, 0.15) is 0 Å². The van der Waals surface area contributed by atoms with Crippen LogP contribution in [-0.2, 0) is 25.0 Å². The maximum Gasteiger partial charge on any atom is 0.361 e. The fourth-order valence-corrected chi connectivity index (χ4v) is 5.04. The van der Waals surface area contributed by atoms with Gasteiger partial charge in [0.15, 0.2) is 5.85 Å². The summed E-state index contributed by atoms with van der Waals surface area (Å²) in [5.41, 5.74) is 2.27. The van der Waals surface area contributed by atoms with E-state index < -0.39 is 13.4 Å². The molecule has 3 rings (SSSR count). The van der Waals surface area contributed by atoms with Crippen molar-refractivity contribution in [1.29, 1.82) is 0 Å². The van der Waals surface area contributed by atoms with E-state index in [1.165, 1.54) is 0 Å². The Morgan fingerprint density at radius 3 is 2.15 bits per heavy atom. The summed E-state index contributed by atoms with van der Waals surface area (Å²) in [4.78, 5) is 6.12. The molecule has 2 atom stereocenters. The molecule has 0 saturated carbocycles. The second kappa shape index (κ2) is 8.94. The quantitative estimate of drug-likeness (QED) is 0.597. The average molecular weight is 375 g/mol. The number of benzene rings is 2. The fraction of sp³-hybridized carbons (Fsp3) is 0.400. The summed E-state index contributed by atoms with van der Waals surface area (Å²) in [5, 5.41) is 1.90. The summed E-state index contributed by atoms with van der Waals surface area (Å²) in [5.74, 6) is -0.601.